The quantitative estimate of drug-likeness (QED) is 0.621. The molecule has 3 aromatic rings. The van der Waals surface area contributed by atoms with E-state index in [9.17, 15) is 9.90 Å². The SMILES string of the molecule is Cc1ccc(O)c(C)c1-n1c(N)c(C(N)=O)c2cnc(N3CCOCC3)nc21. The molecular formula is C19H22N6O3. The first-order chi connectivity index (χ1) is 13.4. The zero-order valence-electron chi connectivity index (χ0n) is 15.8. The third-order valence-corrected chi connectivity index (χ3v) is 5.10. The summed E-state index contributed by atoms with van der Waals surface area (Å²) in [5, 5.41) is 10.7. The van der Waals surface area contributed by atoms with Crippen LogP contribution in [0.1, 0.15) is 21.5 Å². The van der Waals surface area contributed by atoms with Gasteiger partial charge in [-0.25, -0.2) is 4.98 Å². The van der Waals surface area contributed by atoms with Gasteiger partial charge in [-0.2, -0.15) is 4.98 Å². The highest BCUT2D eigenvalue weighted by atomic mass is 16.5. The number of anilines is 2. The minimum Gasteiger partial charge on any atom is -0.508 e. The van der Waals surface area contributed by atoms with Gasteiger partial charge in [0, 0.05) is 24.8 Å². The summed E-state index contributed by atoms with van der Waals surface area (Å²) >= 11 is 0. The van der Waals surface area contributed by atoms with Gasteiger partial charge < -0.3 is 26.2 Å². The van der Waals surface area contributed by atoms with Crippen LogP contribution in [0.5, 0.6) is 5.75 Å². The Bertz CT molecular complexity index is 1090. The molecule has 1 amide bonds. The molecule has 0 bridgehead atoms. The molecule has 2 aromatic heterocycles. The number of phenols is 1. The van der Waals surface area contributed by atoms with Gasteiger partial charge in [-0.05, 0) is 25.5 Å². The van der Waals surface area contributed by atoms with Gasteiger partial charge in [0.25, 0.3) is 5.91 Å². The number of fused-ring (bicyclic) bond motifs is 1. The zero-order valence-corrected chi connectivity index (χ0v) is 15.8. The summed E-state index contributed by atoms with van der Waals surface area (Å²) in [6.07, 6.45) is 1.58. The summed E-state index contributed by atoms with van der Waals surface area (Å²) in [5.74, 6) is 0.179. The average molecular weight is 382 g/mol. The van der Waals surface area contributed by atoms with Crippen molar-refractivity contribution in [1.29, 1.82) is 0 Å². The van der Waals surface area contributed by atoms with Gasteiger partial charge in [0.15, 0.2) is 5.65 Å². The lowest BCUT2D eigenvalue weighted by molar-refractivity contribution is 0.100. The number of nitrogens with two attached hydrogens (primary N) is 2. The molecule has 1 aliphatic rings. The molecule has 28 heavy (non-hydrogen) atoms. The molecule has 0 saturated carbocycles. The largest absolute Gasteiger partial charge is 0.508 e. The molecule has 4 rings (SSSR count). The number of aromatic hydroxyl groups is 1. The Kier molecular flexibility index (Phi) is 4.31. The Hall–Kier alpha value is -3.33. The predicted molar refractivity (Wildman–Crippen MR) is 106 cm³/mol. The van der Waals surface area contributed by atoms with Gasteiger partial charge in [0.05, 0.1) is 29.9 Å². The van der Waals surface area contributed by atoms with Crippen molar-refractivity contribution in [1.82, 2.24) is 14.5 Å². The van der Waals surface area contributed by atoms with Crippen LogP contribution in [0, 0.1) is 13.8 Å². The van der Waals surface area contributed by atoms with Crippen LogP contribution in [0.15, 0.2) is 18.3 Å². The molecule has 0 unspecified atom stereocenters. The minimum atomic E-state index is -0.653. The number of hydrogen-bond donors (Lipinski definition) is 3. The van der Waals surface area contributed by atoms with Crippen molar-refractivity contribution in [2.75, 3.05) is 36.9 Å². The van der Waals surface area contributed by atoms with Crippen LogP contribution in [0.25, 0.3) is 16.7 Å². The molecular weight excluding hydrogens is 360 g/mol. The van der Waals surface area contributed by atoms with Crippen molar-refractivity contribution in [3.05, 3.63) is 35.0 Å². The Balaban J connectivity index is 2.03. The highest BCUT2D eigenvalue weighted by molar-refractivity contribution is 6.10. The van der Waals surface area contributed by atoms with Gasteiger partial charge >= 0.3 is 0 Å². The van der Waals surface area contributed by atoms with E-state index in [-0.39, 0.29) is 17.1 Å². The number of phenolic OH excluding ortho intramolecular Hbond substituents is 1. The van der Waals surface area contributed by atoms with E-state index in [2.05, 4.69) is 4.98 Å². The van der Waals surface area contributed by atoms with Crippen LogP contribution < -0.4 is 16.4 Å². The Morgan fingerprint density at radius 3 is 2.64 bits per heavy atom. The number of rotatable bonds is 3. The Labute approximate surface area is 161 Å². The molecule has 9 heteroatoms. The van der Waals surface area contributed by atoms with Crippen LogP contribution >= 0.6 is 0 Å². The van der Waals surface area contributed by atoms with E-state index < -0.39 is 5.91 Å². The lowest BCUT2D eigenvalue weighted by Crippen LogP contribution is -2.37. The fraction of sp³-hybridized carbons (Fsp3) is 0.316. The number of hydrogen-bond acceptors (Lipinski definition) is 7. The first-order valence-corrected chi connectivity index (χ1v) is 8.99. The second kappa shape index (κ2) is 6.68. The summed E-state index contributed by atoms with van der Waals surface area (Å²) in [6.45, 7) is 6.24. The predicted octanol–water partition coefficient (Wildman–Crippen LogP) is 1.26. The van der Waals surface area contributed by atoms with Crippen LogP contribution in [0.4, 0.5) is 11.8 Å². The molecule has 1 aliphatic heterocycles. The molecule has 146 valence electrons. The summed E-state index contributed by atoms with van der Waals surface area (Å²) in [4.78, 5) is 23.2. The maximum absolute atomic E-state index is 12.1. The van der Waals surface area contributed by atoms with E-state index in [1.54, 1.807) is 29.8 Å². The smallest absolute Gasteiger partial charge is 0.253 e. The second-order valence-corrected chi connectivity index (χ2v) is 6.84. The standard InChI is InChI=1S/C19H22N6O3/c1-10-3-4-13(26)11(2)15(10)25-16(20)14(17(21)27)12-9-22-19(23-18(12)25)24-5-7-28-8-6-24/h3-4,9,26H,5-8,20H2,1-2H3,(H2,21,27). The molecule has 9 nitrogen and oxygen atoms in total. The van der Waals surface area contributed by atoms with Crippen molar-refractivity contribution in [2.24, 2.45) is 5.73 Å². The number of morpholine rings is 1. The first kappa shape index (κ1) is 18.1. The Morgan fingerprint density at radius 2 is 1.96 bits per heavy atom. The maximum atomic E-state index is 12.1. The number of carbonyl (C=O) groups is 1. The van der Waals surface area contributed by atoms with Gasteiger partial charge in [0.1, 0.15) is 11.6 Å². The zero-order chi connectivity index (χ0) is 20.0. The van der Waals surface area contributed by atoms with E-state index in [0.717, 1.165) is 5.56 Å². The highest BCUT2D eigenvalue weighted by Gasteiger charge is 2.25. The molecule has 0 radical (unpaired) electrons. The number of benzene rings is 1. The van der Waals surface area contributed by atoms with Crippen molar-refractivity contribution in [2.45, 2.75) is 13.8 Å². The molecule has 0 aliphatic carbocycles. The lowest BCUT2D eigenvalue weighted by atomic mass is 10.1. The third kappa shape index (κ3) is 2.71. The average Bonchev–Trinajstić information content (AvgIpc) is 2.97. The van der Waals surface area contributed by atoms with Gasteiger partial charge in [-0.1, -0.05) is 6.07 Å². The van der Waals surface area contributed by atoms with Crippen LogP contribution in [-0.2, 0) is 4.74 Å². The number of aromatic nitrogens is 3. The van der Waals surface area contributed by atoms with E-state index in [0.29, 0.717) is 54.5 Å². The van der Waals surface area contributed by atoms with Gasteiger partial charge in [0.2, 0.25) is 5.95 Å². The summed E-state index contributed by atoms with van der Waals surface area (Å²) < 4.78 is 7.06. The van der Waals surface area contributed by atoms with Crippen molar-refractivity contribution in [3.63, 3.8) is 0 Å². The van der Waals surface area contributed by atoms with E-state index >= 15 is 0 Å². The van der Waals surface area contributed by atoms with E-state index in [4.69, 9.17) is 21.2 Å². The first-order valence-electron chi connectivity index (χ1n) is 8.99. The minimum absolute atomic E-state index is 0.130. The highest BCUT2D eigenvalue weighted by Crippen LogP contribution is 2.35. The number of primary amides is 1. The molecule has 1 fully saturated rings. The van der Waals surface area contributed by atoms with Crippen molar-refractivity contribution < 1.29 is 14.6 Å². The fourth-order valence-electron chi connectivity index (χ4n) is 3.64. The van der Waals surface area contributed by atoms with Gasteiger partial charge in [-0.15, -0.1) is 0 Å². The number of carbonyl (C=O) groups excluding carboxylic acids is 1. The summed E-state index contributed by atoms with van der Waals surface area (Å²) in [5.41, 5.74) is 14.8. The van der Waals surface area contributed by atoms with Crippen molar-refractivity contribution in [3.8, 4) is 11.4 Å². The fourth-order valence-corrected chi connectivity index (χ4v) is 3.64. The monoisotopic (exact) mass is 382 g/mol. The molecule has 1 aromatic carbocycles. The summed E-state index contributed by atoms with van der Waals surface area (Å²) in [7, 11) is 0. The molecule has 3 heterocycles. The van der Waals surface area contributed by atoms with Gasteiger partial charge in [-0.3, -0.25) is 9.36 Å². The third-order valence-electron chi connectivity index (χ3n) is 5.10. The molecule has 1 saturated heterocycles. The van der Waals surface area contributed by atoms with Crippen LogP contribution in [0.3, 0.4) is 0 Å². The molecule has 5 N–H and O–H groups in total. The lowest BCUT2D eigenvalue weighted by Gasteiger charge is -2.26. The summed E-state index contributed by atoms with van der Waals surface area (Å²) in [6, 6.07) is 3.41. The molecule has 0 atom stereocenters. The topological polar surface area (TPSA) is 133 Å². The van der Waals surface area contributed by atoms with Crippen molar-refractivity contribution >= 4 is 28.7 Å². The second-order valence-electron chi connectivity index (χ2n) is 6.84. The number of nitrogen functional groups attached to an aromatic ring is 1. The number of ether oxygens (including phenoxy) is 1. The van der Waals surface area contributed by atoms with Crippen LogP contribution in [-0.4, -0.2) is 51.9 Å². The van der Waals surface area contributed by atoms with E-state index in [1.165, 1.54) is 0 Å². The Morgan fingerprint density at radius 1 is 1.25 bits per heavy atom. The normalized spacial score (nSPS) is 14.6. The van der Waals surface area contributed by atoms with Crippen LogP contribution in [0.2, 0.25) is 0 Å². The number of nitrogens with zero attached hydrogens (tertiary/aromatic N) is 4. The number of amides is 1. The maximum Gasteiger partial charge on any atom is 0.253 e. The molecule has 0 spiro atoms. The number of aryl methyl sites for hydroxylation is 1. The van der Waals surface area contributed by atoms with E-state index in [1.807, 2.05) is 11.8 Å².